The number of nitrogens with zero attached hydrogens (tertiary/aromatic N) is 1. The van der Waals surface area contributed by atoms with Gasteiger partial charge < -0.3 is 31.6 Å². The highest BCUT2D eigenvalue weighted by Crippen LogP contribution is 2.14. The van der Waals surface area contributed by atoms with Crippen molar-refractivity contribution < 1.29 is 33.4 Å². The molecule has 45 heavy (non-hydrogen) atoms. The molecule has 4 amide bonds. The number of amides is 4. The van der Waals surface area contributed by atoms with Gasteiger partial charge in [0.2, 0.25) is 23.6 Å². The van der Waals surface area contributed by atoms with Crippen molar-refractivity contribution in [2.24, 2.45) is 17.4 Å². The van der Waals surface area contributed by atoms with Crippen LogP contribution in [0.5, 0.6) is 5.75 Å². The minimum Gasteiger partial charge on any atom is -0.426 e. The average Bonchev–Trinajstić information content (AvgIpc) is 3.00. The van der Waals surface area contributed by atoms with Crippen molar-refractivity contribution in [3.8, 4) is 5.75 Å². The highest BCUT2D eigenvalue weighted by molar-refractivity contribution is 5.86. The molecule has 0 aromatic heterocycles. The van der Waals surface area contributed by atoms with Gasteiger partial charge in [-0.25, -0.2) is 0 Å². The van der Waals surface area contributed by atoms with Gasteiger partial charge in [0.1, 0.15) is 11.8 Å². The monoisotopic (exact) mass is 633 g/mol. The predicted molar refractivity (Wildman–Crippen MR) is 173 cm³/mol. The fraction of sp³-hybridized carbons (Fsp3) is 0.667. The molecule has 12 nitrogen and oxygen atoms in total. The molecule has 0 radical (unpaired) electrons. The van der Waals surface area contributed by atoms with E-state index in [4.69, 9.17) is 20.9 Å². The second kappa shape index (κ2) is 23.8. The van der Waals surface area contributed by atoms with Gasteiger partial charge in [-0.05, 0) is 42.9 Å². The van der Waals surface area contributed by atoms with Gasteiger partial charge in [-0.2, -0.15) is 0 Å². The van der Waals surface area contributed by atoms with E-state index in [0.29, 0.717) is 63.8 Å². The summed E-state index contributed by atoms with van der Waals surface area (Å²) in [6, 6.07) is 6.10. The van der Waals surface area contributed by atoms with Gasteiger partial charge in [0.15, 0.2) is 0 Å². The molecule has 2 unspecified atom stereocenters. The quantitative estimate of drug-likeness (QED) is 0.0960. The standard InChI is InChI=1S/C21H31N3O5.C12H24N2O2/c1-2-3-4-5-19(25)23-18(21(22)27)14-16-6-8-17(9-7-16)29-20(26)15-24-10-12-28-13-11-24;1-3-10(2)9-12(16)14-8-6-4-5-7-11(13)15/h6-9,18H,2-5,10-15H2,1H3,(H2,22,27)(H,23,25);10H,3-9H2,1-2H3,(H2,13,15)(H,14,16). The Labute approximate surface area is 268 Å². The van der Waals surface area contributed by atoms with Crippen LogP contribution in [0, 0.1) is 5.92 Å². The fourth-order valence-corrected chi connectivity index (χ4v) is 4.42. The maximum atomic E-state index is 12.0. The predicted octanol–water partition coefficient (Wildman–Crippen LogP) is 2.60. The van der Waals surface area contributed by atoms with Gasteiger partial charge in [0.25, 0.3) is 0 Å². The molecule has 1 saturated heterocycles. The summed E-state index contributed by atoms with van der Waals surface area (Å²) in [5.74, 6) is -0.300. The summed E-state index contributed by atoms with van der Waals surface area (Å²) in [5, 5.41) is 5.58. The van der Waals surface area contributed by atoms with Crippen LogP contribution in [0.1, 0.15) is 90.5 Å². The van der Waals surface area contributed by atoms with Crippen molar-refractivity contribution in [2.45, 2.75) is 97.4 Å². The van der Waals surface area contributed by atoms with E-state index in [9.17, 15) is 24.0 Å². The zero-order valence-corrected chi connectivity index (χ0v) is 27.4. The Morgan fingerprint density at radius 3 is 2.18 bits per heavy atom. The second-order valence-electron chi connectivity index (χ2n) is 11.5. The summed E-state index contributed by atoms with van der Waals surface area (Å²) in [6.45, 7) is 9.82. The first-order chi connectivity index (χ1) is 21.5. The zero-order valence-electron chi connectivity index (χ0n) is 27.4. The summed E-state index contributed by atoms with van der Waals surface area (Å²) in [6.07, 6.45) is 8.22. The minimum atomic E-state index is -0.765. The molecule has 0 spiro atoms. The van der Waals surface area contributed by atoms with Crippen molar-refractivity contribution in [3.63, 3.8) is 0 Å². The van der Waals surface area contributed by atoms with Gasteiger partial charge in [-0.1, -0.05) is 58.6 Å². The highest BCUT2D eigenvalue weighted by atomic mass is 16.5. The van der Waals surface area contributed by atoms with Crippen LogP contribution in [-0.2, 0) is 35.1 Å². The van der Waals surface area contributed by atoms with Gasteiger partial charge >= 0.3 is 5.97 Å². The Hall–Kier alpha value is -3.51. The first kappa shape index (κ1) is 39.5. The molecule has 0 saturated carbocycles. The molecule has 6 N–H and O–H groups in total. The third-order valence-corrected chi connectivity index (χ3v) is 7.39. The lowest BCUT2D eigenvalue weighted by Gasteiger charge is -2.25. The lowest BCUT2D eigenvalue weighted by molar-refractivity contribution is -0.136. The summed E-state index contributed by atoms with van der Waals surface area (Å²) in [5.41, 5.74) is 11.3. The van der Waals surface area contributed by atoms with Crippen LogP contribution < -0.4 is 26.8 Å². The Balaban J connectivity index is 0.000000538. The van der Waals surface area contributed by atoms with Gasteiger partial charge in [-0.15, -0.1) is 0 Å². The molecule has 1 heterocycles. The topological polar surface area (TPSA) is 183 Å². The number of rotatable bonds is 20. The van der Waals surface area contributed by atoms with Gasteiger partial charge in [0.05, 0.1) is 19.8 Å². The van der Waals surface area contributed by atoms with Gasteiger partial charge in [0, 0.05) is 45.3 Å². The number of morpholine rings is 1. The minimum absolute atomic E-state index is 0.129. The maximum absolute atomic E-state index is 12.0. The molecular formula is C33H55N5O7. The Morgan fingerprint density at radius 2 is 1.58 bits per heavy atom. The van der Waals surface area contributed by atoms with Crippen LogP contribution in [0.2, 0.25) is 0 Å². The van der Waals surface area contributed by atoms with E-state index in [0.717, 1.165) is 50.5 Å². The Kier molecular flexibility index (Phi) is 20.9. The Bertz CT molecular complexity index is 1030. The third kappa shape index (κ3) is 20.2. The zero-order chi connectivity index (χ0) is 33.5. The fourth-order valence-electron chi connectivity index (χ4n) is 4.42. The van der Waals surface area contributed by atoms with Crippen molar-refractivity contribution in [1.82, 2.24) is 15.5 Å². The first-order valence-electron chi connectivity index (χ1n) is 16.3. The van der Waals surface area contributed by atoms with Crippen molar-refractivity contribution in [3.05, 3.63) is 29.8 Å². The molecule has 0 bridgehead atoms. The SMILES string of the molecule is CCC(C)CC(=O)NCCCCCC(N)=O.CCCCCC(=O)NC(Cc1ccc(OC(=O)CN2CCOCC2)cc1)C(N)=O. The van der Waals surface area contributed by atoms with Crippen molar-refractivity contribution in [2.75, 3.05) is 39.4 Å². The Morgan fingerprint density at radius 1 is 0.911 bits per heavy atom. The largest absolute Gasteiger partial charge is 0.426 e. The smallest absolute Gasteiger partial charge is 0.325 e. The molecule has 0 aliphatic carbocycles. The lowest BCUT2D eigenvalue weighted by atomic mass is 10.0. The number of hydrogen-bond acceptors (Lipinski definition) is 8. The summed E-state index contributed by atoms with van der Waals surface area (Å²) in [4.78, 5) is 59.5. The van der Waals surface area contributed by atoms with Crippen LogP contribution in [0.3, 0.4) is 0 Å². The number of unbranched alkanes of at least 4 members (excludes halogenated alkanes) is 4. The number of nitrogens with one attached hydrogen (secondary N) is 2. The normalized spacial score (nSPS) is 14.3. The average molecular weight is 634 g/mol. The van der Waals surface area contributed by atoms with E-state index < -0.39 is 11.9 Å². The lowest BCUT2D eigenvalue weighted by Crippen LogP contribution is -2.45. The molecule has 254 valence electrons. The maximum Gasteiger partial charge on any atom is 0.325 e. The summed E-state index contributed by atoms with van der Waals surface area (Å²) >= 11 is 0. The van der Waals surface area contributed by atoms with E-state index in [1.807, 2.05) is 4.90 Å². The van der Waals surface area contributed by atoms with Crippen LogP contribution in [-0.4, -0.2) is 79.9 Å². The van der Waals surface area contributed by atoms with E-state index in [-0.39, 0.29) is 36.7 Å². The van der Waals surface area contributed by atoms with Crippen molar-refractivity contribution >= 4 is 29.6 Å². The number of benzene rings is 1. The van der Waals surface area contributed by atoms with Crippen LogP contribution in [0.4, 0.5) is 0 Å². The second-order valence-corrected chi connectivity index (χ2v) is 11.5. The number of nitrogens with two attached hydrogens (primary N) is 2. The molecule has 1 aliphatic heterocycles. The molecule has 2 rings (SSSR count). The van der Waals surface area contributed by atoms with Gasteiger partial charge in [-0.3, -0.25) is 28.9 Å². The number of hydrogen-bond donors (Lipinski definition) is 4. The number of primary amides is 2. The van der Waals surface area contributed by atoms with Crippen molar-refractivity contribution in [1.29, 1.82) is 0 Å². The molecular weight excluding hydrogens is 578 g/mol. The van der Waals surface area contributed by atoms with E-state index in [2.05, 4.69) is 31.4 Å². The van der Waals surface area contributed by atoms with Crippen LogP contribution in [0.15, 0.2) is 24.3 Å². The third-order valence-electron chi connectivity index (χ3n) is 7.39. The summed E-state index contributed by atoms with van der Waals surface area (Å²) < 4.78 is 10.6. The van der Waals surface area contributed by atoms with E-state index in [1.165, 1.54) is 0 Å². The molecule has 1 fully saturated rings. The number of carbonyl (C=O) groups excluding carboxylic acids is 5. The van der Waals surface area contributed by atoms with Crippen LogP contribution in [0.25, 0.3) is 0 Å². The number of carbonyl (C=O) groups is 5. The highest BCUT2D eigenvalue weighted by Gasteiger charge is 2.19. The molecule has 1 aromatic carbocycles. The van der Waals surface area contributed by atoms with Crippen LogP contribution >= 0.6 is 0 Å². The molecule has 2 atom stereocenters. The molecule has 1 aromatic rings. The summed E-state index contributed by atoms with van der Waals surface area (Å²) in [7, 11) is 0. The molecule has 12 heteroatoms. The number of esters is 1. The number of ether oxygens (including phenoxy) is 2. The van der Waals surface area contributed by atoms with E-state index >= 15 is 0 Å². The first-order valence-corrected chi connectivity index (χ1v) is 16.3. The molecule has 1 aliphatic rings. The van der Waals surface area contributed by atoms with E-state index in [1.54, 1.807) is 24.3 Å².